The Morgan fingerprint density at radius 3 is 2.79 bits per heavy atom. The van der Waals surface area contributed by atoms with Crippen molar-refractivity contribution in [1.82, 2.24) is 10.1 Å². The molecule has 0 saturated heterocycles. The Bertz CT molecular complexity index is 349. The Hall–Kier alpha value is -1.43. The number of nitrogens with two attached hydrogens (primary N) is 2. The van der Waals surface area contributed by atoms with Gasteiger partial charge >= 0.3 is 0 Å². The summed E-state index contributed by atoms with van der Waals surface area (Å²) in [7, 11) is 0. The Morgan fingerprint density at radius 2 is 2.29 bits per heavy atom. The maximum absolute atomic E-state index is 10.7. The van der Waals surface area contributed by atoms with Crippen LogP contribution in [0.25, 0.3) is 0 Å². The molecule has 0 bridgehead atoms. The number of amides is 1. The van der Waals surface area contributed by atoms with E-state index in [1.165, 1.54) is 0 Å². The van der Waals surface area contributed by atoms with Crippen molar-refractivity contribution < 1.29 is 9.32 Å². The monoisotopic (exact) mass is 196 g/mol. The van der Waals surface area contributed by atoms with Crippen LogP contribution in [-0.4, -0.2) is 22.1 Å². The first-order chi connectivity index (χ1) is 6.68. The fraction of sp³-hybridized carbons (Fsp3) is 0.625. The maximum Gasteiger partial charge on any atom is 0.290 e. The van der Waals surface area contributed by atoms with E-state index >= 15 is 0 Å². The highest BCUT2D eigenvalue weighted by Gasteiger charge is 2.30. The zero-order valence-electron chi connectivity index (χ0n) is 7.64. The average molecular weight is 196 g/mol. The summed E-state index contributed by atoms with van der Waals surface area (Å²) < 4.78 is 4.94. The van der Waals surface area contributed by atoms with E-state index in [4.69, 9.17) is 16.0 Å². The summed E-state index contributed by atoms with van der Waals surface area (Å²) in [5.41, 5.74) is 10.9. The number of rotatable bonds is 2. The summed E-state index contributed by atoms with van der Waals surface area (Å²) >= 11 is 0. The second-order valence-electron chi connectivity index (χ2n) is 3.52. The van der Waals surface area contributed by atoms with Crippen molar-refractivity contribution in [2.24, 2.45) is 11.5 Å². The molecule has 1 heterocycles. The minimum absolute atomic E-state index is 0.0520. The zero-order valence-corrected chi connectivity index (χ0v) is 7.64. The Kier molecular flexibility index (Phi) is 2.20. The van der Waals surface area contributed by atoms with Crippen molar-refractivity contribution in [1.29, 1.82) is 0 Å². The number of carbonyl (C=O) groups excluding carboxylic acids is 1. The highest BCUT2D eigenvalue weighted by atomic mass is 16.5. The normalized spacial score (nSPS) is 26.6. The van der Waals surface area contributed by atoms with Gasteiger partial charge < -0.3 is 16.0 Å². The molecular weight excluding hydrogens is 184 g/mol. The molecule has 2 unspecified atom stereocenters. The number of carbonyl (C=O) groups is 1. The molecule has 6 heteroatoms. The Labute approximate surface area is 80.6 Å². The summed E-state index contributed by atoms with van der Waals surface area (Å²) in [6.07, 6.45) is 2.95. The predicted octanol–water partition coefficient (Wildman–Crippen LogP) is -0.237. The average Bonchev–Trinajstić information content (AvgIpc) is 2.71. The van der Waals surface area contributed by atoms with Gasteiger partial charge in [-0.2, -0.15) is 4.98 Å². The fourth-order valence-electron chi connectivity index (χ4n) is 1.78. The van der Waals surface area contributed by atoms with E-state index in [0.717, 1.165) is 19.3 Å². The first-order valence-electron chi connectivity index (χ1n) is 4.57. The van der Waals surface area contributed by atoms with Gasteiger partial charge in [0, 0.05) is 6.04 Å². The van der Waals surface area contributed by atoms with Crippen LogP contribution in [0.5, 0.6) is 0 Å². The van der Waals surface area contributed by atoms with Gasteiger partial charge in [-0.3, -0.25) is 4.79 Å². The largest absolute Gasteiger partial charge is 0.363 e. The van der Waals surface area contributed by atoms with Crippen LogP contribution < -0.4 is 11.5 Å². The van der Waals surface area contributed by atoms with Crippen LogP contribution in [0.15, 0.2) is 4.52 Å². The van der Waals surface area contributed by atoms with Gasteiger partial charge in [0.25, 0.3) is 11.7 Å². The van der Waals surface area contributed by atoms with Crippen LogP contribution in [0.2, 0.25) is 0 Å². The SMILES string of the molecule is NC(=O)c1noc(C2CCCC2N)n1. The molecule has 4 N–H and O–H groups in total. The number of aromatic nitrogens is 2. The highest BCUT2D eigenvalue weighted by Crippen LogP contribution is 2.32. The van der Waals surface area contributed by atoms with E-state index in [2.05, 4.69) is 10.1 Å². The Morgan fingerprint density at radius 1 is 1.50 bits per heavy atom. The number of nitrogens with zero attached hydrogens (tertiary/aromatic N) is 2. The van der Waals surface area contributed by atoms with Crippen LogP contribution in [0.1, 0.15) is 41.7 Å². The van der Waals surface area contributed by atoms with Crippen molar-refractivity contribution in [3.8, 4) is 0 Å². The smallest absolute Gasteiger partial charge is 0.290 e. The minimum Gasteiger partial charge on any atom is -0.363 e. The summed E-state index contributed by atoms with van der Waals surface area (Å²) in [5, 5.41) is 3.48. The third-order valence-electron chi connectivity index (χ3n) is 2.55. The summed E-state index contributed by atoms with van der Waals surface area (Å²) in [5.74, 6) is -0.231. The lowest BCUT2D eigenvalue weighted by Crippen LogP contribution is -2.23. The lowest BCUT2D eigenvalue weighted by Gasteiger charge is -2.08. The van der Waals surface area contributed by atoms with E-state index in [1.807, 2.05) is 0 Å². The van der Waals surface area contributed by atoms with E-state index in [0.29, 0.717) is 5.89 Å². The number of hydrogen-bond donors (Lipinski definition) is 2. The third-order valence-corrected chi connectivity index (χ3v) is 2.55. The number of primary amides is 1. The molecule has 0 aromatic carbocycles. The van der Waals surface area contributed by atoms with Gasteiger partial charge in [0.15, 0.2) is 0 Å². The second kappa shape index (κ2) is 3.38. The molecule has 1 aliphatic rings. The first-order valence-corrected chi connectivity index (χ1v) is 4.57. The topological polar surface area (TPSA) is 108 Å². The second-order valence-corrected chi connectivity index (χ2v) is 3.52. The van der Waals surface area contributed by atoms with Crippen molar-refractivity contribution in [3.05, 3.63) is 11.7 Å². The summed E-state index contributed by atoms with van der Waals surface area (Å²) in [4.78, 5) is 14.6. The van der Waals surface area contributed by atoms with Crippen molar-refractivity contribution in [2.75, 3.05) is 0 Å². The van der Waals surface area contributed by atoms with Crippen molar-refractivity contribution >= 4 is 5.91 Å². The van der Waals surface area contributed by atoms with E-state index < -0.39 is 5.91 Å². The van der Waals surface area contributed by atoms with Crippen LogP contribution in [0.3, 0.4) is 0 Å². The highest BCUT2D eigenvalue weighted by molar-refractivity contribution is 5.88. The zero-order chi connectivity index (χ0) is 10.1. The summed E-state index contributed by atoms with van der Waals surface area (Å²) in [6, 6.07) is 0.0520. The first kappa shape index (κ1) is 9.14. The van der Waals surface area contributed by atoms with Gasteiger partial charge in [0.2, 0.25) is 5.89 Å². The van der Waals surface area contributed by atoms with Gasteiger partial charge in [-0.05, 0) is 12.8 Å². The predicted molar refractivity (Wildman–Crippen MR) is 47.4 cm³/mol. The molecular formula is C8H12N4O2. The van der Waals surface area contributed by atoms with Gasteiger partial charge in [-0.25, -0.2) is 0 Å². The fourth-order valence-corrected chi connectivity index (χ4v) is 1.78. The molecule has 2 rings (SSSR count). The molecule has 76 valence electrons. The summed E-state index contributed by atoms with van der Waals surface area (Å²) in [6.45, 7) is 0. The van der Waals surface area contributed by atoms with Crippen LogP contribution in [-0.2, 0) is 0 Å². The molecule has 1 aliphatic carbocycles. The van der Waals surface area contributed by atoms with Crippen molar-refractivity contribution in [3.63, 3.8) is 0 Å². The molecule has 0 radical (unpaired) electrons. The van der Waals surface area contributed by atoms with Gasteiger partial charge in [-0.1, -0.05) is 11.6 Å². The maximum atomic E-state index is 10.7. The molecule has 1 aromatic heterocycles. The number of hydrogen-bond acceptors (Lipinski definition) is 5. The molecule has 2 atom stereocenters. The molecule has 0 spiro atoms. The van der Waals surface area contributed by atoms with Crippen LogP contribution in [0, 0.1) is 0 Å². The standard InChI is InChI=1S/C8H12N4O2/c9-5-3-1-2-4(5)8-11-7(6(10)13)12-14-8/h4-5H,1-3,9H2,(H2,10,13). The Balaban J connectivity index is 2.20. The lowest BCUT2D eigenvalue weighted by atomic mass is 10.1. The van der Waals surface area contributed by atoms with Gasteiger partial charge in [0.1, 0.15) is 0 Å². The molecule has 6 nitrogen and oxygen atoms in total. The quantitative estimate of drug-likeness (QED) is 0.678. The van der Waals surface area contributed by atoms with Crippen LogP contribution in [0.4, 0.5) is 0 Å². The van der Waals surface area contributed by atoms with E-state index in [1.54, 1.807) is 0 Å². The molecule has 14 heavy (non-hydrogen) atoms. The van der Waals surface area contributed by atoms with E-state index in [9.17, 15) is 4.79 Å². The van der Waals surface area contributed by atoms with Crippen molar-refractivity contribution in [2.45, 2.75) is 31.2 Å². The van der Waals surface area contributed by atoms with E-state index in [-0.39, 0.29) is 17.8 Å². The molecule has 1 aromatic rings. The third kappa shape index (κ3) is 1.48. The molecule has 1 amide bonds. The van der Waals surface area contributed by atoms with Gasteiger partial charge in [-0.15, -0.1) is 0 Å². The lowest BCUT2D eigenvalue weighted by molar-refractivity contribution is 0.0987. The molecule has 1 saturated carbocycles. The molecule has 0 aliphatic heterocycles. The minimum atomic E-state index is -0.674. The van der Waals surface area contributed by atoms with Gasteiger partial charge in [0.05, 0.1) is 5.92 Å². The molecule has 1 fully saturated rings. The van der Waals surface area contributed by atoms with Crippen LogP contribution >= 0.6 is 0 Å².